The molecule has 78 valence electrons. The molecule has 0 N–H and O–H groups in total. The highest BCUT2D eigenvalue weighted by Crippen LogP contribution is 2.26. The zero-order valence-corrected chi connectivity index (χ0v) is 8.14. The monoisotopic (exact) mass is 205 g/mol. The Morgan fingerprint density at radius 3 is 3.00 bits per heavy atom. The average Bonchev–Trinajstić information content (AvgIpc) is 2.17. The number of allylic oxidation sites excluding steroid dienone is 2. The molecule has 0 aromatic rings. The van der Waals surface area contributed by atoms with Crippen LogP contribution in [0.15, 0.2) is 29.4 Å². The summed E-state index contributed by atoms with van der Waals surface area (Å²) >= 11 is 0. The summed E-state index contributed by atoms with van der Waals surface area (Å²) in [4.78, 5) is 27.5. The zero-order valence-electron chi connectivity index (χ0n) is 8.14. The SMILES string of the molecule is C[C@]1(C(=O)[O-])CC(=O)N=C2C=CC=CN21. The fourth-order valence-corrected chi connectivity index (χ4v) is 1.66. The topological polar surface area (TPSA) is 72.8 Å². The van der Waals surface area contributed by atoms with E-state index in [1.807, 2.05) is 0 Å². The van der Waals surface area contributed by atoms with Gasteiger partial charge in [0.25, 0.3) is 0 Å². The van der Waals surface area contributed by atoms with Crippen molar-refractivity contribution in [3.8, 4) is 0 Å². The number of hydrogen-bond donors (Lipinski definition) is 0. The van der Waals surface area contributed by atoms with Crippen molar-refractivity contribution in [2.45, 2.75) is 18.9 Å². The lowest BCUT2D eigenvalue weighted by Crippen LogP contribution is -2.60. The van der Waals surface area contributed by atoms with E-state index < -0.39 is 17.4 Å². The van der Waals surface area contributed by atoms with Gasteiger partial charge >= 0.3 is 0 Å². The van der Waals surface area contributed by atoms with Crippen molar-refractivity contribution in [3.63, 3.8) is 0 Å². The minimum absolute atomic E-state index is 0.170. The summed E-state index contributed by atoms with van der Waals surface area (Å²) in [5, 5.41) is 11.1. The number of fused-ring (bicyclic) bond motifs is 1. The minimum Gasteiger partial charge on any atom is -0.548 e. The molecular formula is C10H9N2O3-. The van der Waals surface area contributed by atoms with Gasteiger partial charge in [-0.15, -0.1) is 0 Å². The summed E-state index contributed by atoms with van der Waals surface area (Å²) in [6, 6.07) is 0. The van der Waals surface area contributed by atoms with E-state index in [1.54, 1.807) is 24.4 Å². The van der Waals surface area contributed by atoms with Crippen molar-refractivity contribution in [1.82, 2.24) is 4.90 Å². The maximum Gasteiger partial charge on any atom is 0.250 e. The van der Waals surface area contributed by atoms with Crippen molar-refractivity contribution >= 4 is 17.7 Å². The van der Waals surface area contributed by atoms with Crippen LogP contribution in [0.3, 0.4) is 0 Å². The first-order chi connectivity index (χ1) is 7.04. The fraction of sp³-hybridized carbons (Fsp3) is 0.300. The molecule has 0 bridgehead atoms. The van der Waals surface area contributed by atoms with Crippen LogP contribution in [0.25, 0.3) is 0 Å². The molecule has 1 amide bonds. The van der Waals surface area contributed by atoms with Gasteiger partial charge in [0.15, 0.2) is 0 Å². The highest BCUT2D eigenvalue weighted by molar-refractivity contribution is 6.08. The molecule has 0 fully saturated rings. The Morgan fingerprint density at radius 1 is 1.60 bits per heavy atom. The first-order valence-electron chi connectivity index (χ1n) is 4.51. The molecule has 0 saturated heterocycles. The first kappa shape index (κ1) is 9.64. The van der Waals surface area contributed by atoms with Crippen molar-refractivity contribution < 1.29 is 14.7 Å². The first-order valence-corrected chi connectivity index (χ1v) is 4.51. The number of aliphatic imine (C=N–C) groups is 1. The third-order valence-corrected chi connectivity index (χ3v) is 2.54. The number of amidine groups is 1. The molecule has 0 aromatic heterocycles. The van der Waals surface area contributed by atoms with E-state index in [1.165, 1.54) is 11.8 Å². The Labute approximate surface area is 86.4 Å². The minimum atomic E-state index is -1.34. The molecule has 0 radical (unpaired) electrons. The molecule has 0 unspecified atom stereocenters. The molecule has 0 saturated carbocycles. The second-order valence-corrected chi connectivity index (χ2v) is 3.67. The van der Waals surface area contributed by atoms with Gasteiger partial charge in [0, 0.05) is 6.20 Å². The van der Waals surface area contributed by atoms with Crippen LogP contribution in [0.1, 0.15) is 13.3 Å². The van der Waals surface area contributed by atoms with Crippen LogP contribution in [0, 0.1) is 0 Å². The number of carbonyl (C=O) groups excluding carboxylic acids is 2. The van der Waals surface area contributed by atoms with E-state index in [-0.39, 0.29) is 6.42 Å². The predicted octanol–water partition coefficient (Wildman–Crippen LogP) is -0.791. The van der Waals surface area contributed by atoms with Gasteiger partial charge in [-0.25, -0.2) is 0 Å². The predicted molar refractivity (Wildman–Crippen MR) is 50.6 cm³/mol. The van der Waals surface area contributed by atoms with Crippen LogP contribution in [0.2, 0.25) is 0 Å². The van der Waals surface area contributed by atoms with Gasteiger partial charge in [-0.3, -0.25) is 4.79 Å². The molecule has 2 heterocycles. The summed E-state index contributed by atoms with van der Waals surface area (Å²) in [7, 11) is 0. The van der Waals surface area contributed by atoms with Crippen molar-refractivity contribution in [2.24, 2.45) is 4.99 Å². The van der Waals surface area contributed by atoms with E-state index in [0.29, 0.717) is 5.84 Å². The highest BCUT2D eigenvalue weighted by Gasteiger charge is 2.40. The quantitative estimate of drug-likeness (QED) is 0.562. The Hall–Kier alpha value is -1.91. The fourth-order valence-electron chi connectivity index (χ4n) is 1.66. The number of carbonyl (C=O) groups is 2. The standard InChI is InChI=1S/C10H10N2O3/c1-10(9(14)15)6-8(13)11-7-4-2-3-5-12(7)10/h2-5H,6H2,1H3,(H,14,15)/p-1/t10-/m1/s1. The second-order valence-electron chi connectivity index (χ2n) is 3.67. The lowest BCUT2D eigenvalue weighted by Gasteiger charge is -2.43. The van der Waals surface area contributed by atoms with Crippen molar-refractivity contribution in [1.29, 1.82) is 0 Å². The van der Waals surface area contributed by atoms with Crippen molar-refractivity contribution in [3.05, 3.63) is 24.4 Å². The van der Waals surface area contributed by atoms with E-state index in [9.17, 15) is 14.7 Å². The molecule has 1 atom stereocenters. The summed E-state index contributed by atoms with van der Waals surface area (Å²) in [6.45, 7) is 1.46. The summed E-state index contributed by atoms with van der Waals surface area (Å²) in [6.07, 6.45) is 6.40. The number of aliphatic carboxylic acids is 1. The van der Waals surface area contributed by atoms with Crippen LogP contribution in [0.4, 0.5) is 0 Å². The number of amides is 1. The second kappa shape index (κ2) is 3.05. The molecule has 15 heavy (non-hydrogen) atoms. The van der Waals surface area contributed by atoms with Crippen molar-refractivity contribution in [2.75, 3.05) is 0 Å². The number of hydrogen-bond acceptors (Lipinski definition) is 4. The molecule has 0 aliphatic carbocycles. The van der Waals surface area contributed by atoms with Gasteiger partial charge in [-0.2, -0.15) is 4.99 Å². The molecule has 2 aliphatic rings. The van der Waals surface area contributed by atoms with Crippen LogP contribution in [0.5, 0.6) is 0 Å². The van der Waals surface area contributed by atoms with Crippen LogP contribution in [-0.2, 0) is 9.59 Å². The molecule has 0 aromatic carbocycles. The largest absolute Gasteiger partial charge is 0.548 e. The maximum absolute atomic E-state index is 11.3. The summed E-state index contributed by atoms with van der Waals surface area (Å²) < 4.78 is 0. The van der Waals surface area contributed by atoms with Gasteiger partial charge < -0.3 is 14.8 Å². The van der Waals surface area contributed by atoms with Crippen LogP contribution >= 0.6 is 0 Å². The summed E-state index contributed by atoms with van der Waals surface area (Å²) in [5.74, 6) is -1.36. The molecule has 2 aliphatic heterocycles. The highest BCUT2D eigenvalue weighted by atomic mass is 16.4. The Bertz CT molecular complexity index is 422. The average molecular weight is 205 g/mol. The van der Waals surface area contributed by atoms with Gasteiger partial charge in [-0.05, 0) is 19.1 Å². The van der Waals surface area contributed by atoms with Crippen LogP contribution < -0.4 is 5.11 Å². The molecule has 0 spiro atoms. The normalized spacial score (nSPS) is 28.7. The van der Waals surface area contributed by atoms with Gasteiger partial charge in [0.05, 0.1) is 17.9 Å². The Balaban J connectivity index is 2.50. The van der Waals surface area contributed by atoms with Gasteiger partial charge in [0.2, 0.25) is 5.91 Å². The smallest absolute Gasteiger partial charge is 0.250 e. The number of carboxylic acid groups (broad SMARTS) is 1. The molecular weight excluding hydrogens is 196 g/mol. The maximum atomic E-state index is 11.3. The van der Waals surface area contributed by atoms with Gasteiger partial charge in [0.1, 0.15) is 5.84 Å². The van der Waals surface area contributed by atoms with E-state index >= 15 is 0 Å². The number of carboxylic acids is 1. The van der Waals surface area contributed by atoms with E-state index in [0.717, 1.165) is 0 Å². The van der Waals surface area contributed by atoms with Crippen LogP contribution in [-0.4, -0.2) is 28.2 Å². The lowest BCUT2D eigenvalue weighted by molar-refractivity contribution is -0.316. The van der Waals surface area contributed by atoms with E-state index in [4.69, 9.17) is 0 Å². The molecule has 5 heteroatoms. The zero-order chi connectivity index (χ0) is 11.1. The van der Waals surface area contributed by atoms with Gasteiger partial charge in [-0.1, -0.05) is 6.08 Å². The number of rotatable bonds is 1. The third kappa shape index (κ3) is 1.36. The molecule has 5 nitrogen and oxygen atoms in total. The lowest BCUT2D eigenvalue weighted by atomic mass is 9.92. The Morgan fingerprint density at radius 2 is 2.33 bits per heavy atom. The van der Waals surface area contributed by atoms with E-state index in [2.05, 4.69) is 4.99 Å². The number of nitrogens with zero attached hydrogens (tertiary/aromatic N) is 2. The Kier molecular flexibility index (Phi) is 1.96. The molecule has 2 rings (SSSR count). The third-order valence-electron chi connectivity index (χ3n) is 2.54. The summed E-state index contributed by atoms with van der Waals surface area (Å²) in [5.41, 5.74) is -1.34.